The van der Waals surface area contributed by atoms with Crippen molar-refractivity contribution in [3.63, 3.8) is 0 Å². The first-order chi connectivity index (χ1) is 27.6. The zero-order valence-corrected chi connectivity index (χ0v) is 35.6. The minimum absolute atomic E-state index is 0.00163. The van der Waals surface area contributed by atoms with E-state index in [1.54, 1.807) is 0 Å². The van der Waals surface area contributed by atoms with E-state index in [1.165, 1.54) is 0 Å². The largest absolute Gasteiger partial charge is 0.472 e. The Morgan fingerprint density at radius 1 is 0.596 bits per heavy atom. The number of aliphatic hydroxyl groups excluding tert-OH is 2. The van der Waals surface area contributed by atoms with Gasteiger partial charge < -0.3 is 30.3 Å². The van der Waals surface area contributed by atoms with Gasteiger partial charge in [-0.15, -0.1) is 0 Å². The first-order valence-electron chi connectivity index (χ1n) is 20.9. The highest BCUT2D eigenvalue weighted by molar-refractivity contribution is 7.47. The molecule has 0 aromatic carbocycles. The zero-order valence-electron chi connectivity index (χ0n) is 34.7. The van der Waals surface area contributed by atoms with Crippen LogP contribution < -0.4 is 5.73 Å². The molecule has 324 valence electrons. The molecule has 0 saturated carbocycles. The van der Waals surface area contributed by atoms with E-state index in [0.29, 0.717) is 6.42 Å². The van der Waals surface area contributed by atoms with E-state index in [0.717, 1.165) is 77.0 Å². The fourth-order valence-electron chi connectivity index (χ4n) is 5.00. The minimum Gasteiger partial charge on any atom is -0.462 e. The number of hydrogen-bond donors (Lipinski definition) is 4. The number of phosphoric acid groups is 1. The quantitative estimate of drug-likeness (QED) is 0.0203. The molecule has 1 unspecified atom stereocenters. The Kier molecular flexibility index (Phi) is 37.5. The molecule has 0 amide bonds. The van der Waals surface area contributed by atoms with Crippen LogP contribution in [0.15, 0.2) is 97.2 Å². The molecule has 0 fully saturated rings. The van der Waals surface area contributed by atoms with Crippen LogP contribution in [0.5, 0.6) is 0 Å². The van der Waals surface area contributed by atoms with Crippen LogP contribution in [0.1, 0.15) is 129 Å². The van der Waals surface area contributed by atoms with E-state index in [9.17, 15) is 29.3 Å². The van der Waals surface area contributed by atoms with Gasteiger partial charge in [-0.2, -0.15) is 0 Å². The van der Waals surface area contributed by atoms with Crippen LogP contribution in [0.2, 0.25) is 0 Å². The van der Waals surface area contributed by atoms with Crippen LogP contribution in [0.3, 0.4) is 0 Å². The van der Waals surface area contributed by atoms with Crippen molar-refractivity contribution < 1.29 is 47.8 Å². The average molecular weight is 820 g/mol. The summed E-state index contributed by atoms with van der Waals surface area (Å²) in [6, 6.07) is 0. The van der Waals surface area contributed by atoms with Crippen LogP contribution >= 0.6 is 7.82 Å². The van der Waals surface area contributed by atoms with Crippen molar-refractivity contribution >= 4 is 19.8 Å². The van der Waals surface area contributed by atoms with Gasteiger partial charge >= 0.3 is 19.8 Å². The lowest BCUT2D eigenvalue weighted by atomic mass is 10.0. The van der Waals surface area contributed by atoms with E-state index in [1.807, 2.05) is 18.2 Å². The predicted octanol–water partition coefficient (Wildman–Crippen LogP) is 9.77. The van der Waals surface area contributed by atoms with Crippen LogP contribution in [0, 0.1) is 0 Å². The van der Waals surface area contributed by atoms with Gasteiger partial charge in [0.15, 0.2) is 6.10 Å². The van der Waals surface area contributed by atoms with Crippen molar-refractivity contribution in [2.24, 2.45) is 5.73 Å². The van der Waals surface area contributed by atoms with Gasteiger partial charge in [0, 0.05) is 19.4 Å². The monoisotopic (exact) mass is 820 g/mol. The second kappa shape index (κ2) is 39.7. The minimum atomic E-state index is -4.47. The van der Waals surface area contributed by atoms with Gasteiger partial charge in [0.25, 0.3) is 0 Å². The first kappa shape index (κ1) is 53.9. The highest BCUT2D eigenvalue weighted by atomic mass is 31.2. The molecule has 0 aromatic heterocycles. The van der Waals surface area contributed by atoms with E-state index in [4.69, 9.17) is 24.3 Å². The standard InChI is InChI=1S/C45H74NO10P/c1-3-5-7-9-11-13-15-17-18-19-20-21-23-25-27-29-31-35-44(49)53-39-41(40-55-57(51,52)54-38-37-46)56-45(50)36-32-34-43(48)42(47)33-30-28-26-24-22-16-14-12-10-8-6-4-2/h5-8,11-14,17-18,20-22,24,28,30,41-43,47-48H,3-4,9-10,15-16,19,23,25-27,29,31-40,46H2,1-2H3,(H,51,52)/b7-5-,8-6-,13-11-,14-12-,18-17-,21-20-,24-22-,30-28-/t41-,42-,43-/m1/s1. The second-order valence-corrected chi connectivity index (χ2v) is 14.9. The molecular formula is C45H74NO10P. The average Bonchev–Trinajstić information content (AvgIpc) is 3.19. The van der Waals surface area contributed by atoms with Crippen LogP contribution in [-0.4, -0.2) is 71.7 Å². The van der Waals surface area contributed by atoms with E-state index in [-0.39, 0.29) is 51.9 Å². The fraction of sp³-hybridized carbons (Fsp3) is 0.600. The number of esters is 2. The third kappa shape index (κ3) is 38.2. The molecule has 11 nitrogen and oxygen atoms in total. The molecule has 0 bridgehead atoms. The van der Waals surface area contributed by atoms with Crippen molar-refractivity contribution in [2.45, 2.75) is 148 Å². The maximum atomic E-state index is 12.6. The number of carbonyl (C=O) groups excluding carboxylic acids is 2. The Morgan fingerprint density at radius 3 is 1.63 bits per heavy atom. The molecule has 0 aliphatic rings. The molecule has 57 heavy (non-hydrogen) atoms. The molecule has 0 heterocycles. The Labute approximate surface area is 343 Å². The summed E-state index contributed by atoms with van der Waals surface area (Å²) >= 11 is 0. The number of aliphatic hydroxyl groups is 2. The maximum Gasteiger partial charge on any atom is 0.472 e. The molecule has 12 heteroatoms. The van der Waals surface area contributed by atoms with Gasteiger partial charge in [-0.1, -0.05) is 124 Å². The van der Waals surface area contributed by atoms with Crippen LogP contribution in [-0.2, 0) is 32.7 Å². The number of allylic oxidation sites excluding steroid dienone is 15. The van der Waals surface area contributed by atoms with Crippen molar-refractivity contribution in [1.82, 2.24) is 0 Å². The van der Waals surface area contributed by atoms with Crippen molar-refractivity contribution in [3.05, 3.63) is 97.2 Å². The van der Waals surface area contributed by atoms with E-state index in [2.05, 4.69) is 92.8 Å². The van der Waals surface area contributed by atoms with Gasteiger partial charge in [0.1, 0.15) is 6.61 Å². The van der Waals surface area contributed by atoms with Crippen LogP contribution in [0.4, 0.5) is 0 Å². The molecule has 0 radical (unpaired) electrons. The Morgan fingerprint density at radius 2 is 1.09 bits per heavy atom. The van der Waals surface area contributed by atoms with E-state index < -0.39 is 44.7 Å². The number of carbonyl (C=O) groups is 2. The van der Waals surface area contributed by atoms with Crippen molar-refractivity contribution in [2.75, 3.05) is 26.4 Å². The SMILES string of the molecule is CC/C=C\C/C=C\C/C=C\C/C=C\CCCCCCC(=O)OC[C@H](COP(=O)(O)OCCN)OC(=O)CCC[C@@H](O)[C@H](O)C/C=C\C/C=C\C/C=C\C/C=C\CC. The van der Waals surface area contributed by atoms with Crippen molar-refractivity contribution in [3.8, 4) is 0 Å². The lowest BCUT2D eigenvalue weighted by molar-refractivity contribution is -0.161. The number of rotatable bonds is 37. The number of phosphoric ester groups is 1. The molecule has 0 rings (SSSR count). The molecule has 4 atom stereocenters. The molecular weight excluding hydrogens is 745 g/mol. The molecule has 0 aliphatic carbocycles. The number of hydrogen-bond acceptors (Lipinski definition) is 10. The molecule has 5 N–H and O–H groups in total. The summed E-state index contributed by atoms with van der Waals surface area (Å²) < 4.78 is 32.5. The van der Waals surface area contributed by atoms with Gasteiger partial charge in [-0.25, -0.2) is 4.57 Å². The number of unbranched alkanes of at least 4 members (excludes halogenated alkanes) is 4. The highest BCUT2D eigenvalue weighted by Gasteiger charge is 2.26. The molecule has 0 aliphatic heterocycles. The van der Waals surface area contributed by atoms with Gasteiger partial charge in [0.2, 0.25) is 0 Å². The predicted molar refractivity (Wildman–Crippen MR) is 231 cm³/mol. The summed E-state index contributed by atoms with van der Waals surface area (Å²) in [4.78, 5) is 34.9. The van der Waals surface area contributed by atoms with Gasteiger partial charge in [-0.05, 0) is 89.9 Å². The summed E-state index contributed by atoms with van der Waals surface area (Å²) in [6.07, 6.45) is 43.2. The lowest BCUT2D eigenvalue weighted by Crippen LogP contribution is -2.30. The third-order valence-electron chi connectivity index (χ3n) is 8.17. The Bertz CT molecular complexity index is 1290. The highest BCUT2D eigenvalue weighted by Crippen LogP contribution is 2.43. The third-order valence-corrected chi connectivity index (χ3v) is 9.15. The summed E-state index contributed by atoms with van der Waals surface area (Å²) in [5, 5.41) is 20.7. The Hall–Kier alpha value is -3.15. The van der Waals surface area contributed by atoms with E-state index >= 15 is 0 Å². The Balaban J connectivity index is 4.49. The zero-order chi connectivity index (χ0) is 42.1. The van der Waals surface area contributed by atoms with Crippen LogP contribution in [0.25, 0.3) is 0 Å². The first-order valence-corrected chi connectivity index (χ1v) is 22.4. The molecule has 0 aromatic rings. The fourth-order valence-corrected chi connectivity index (χ4v) is 5.77. The normalized spacial score (nSPS) is 15.4. The number of ether oxygens (including phenoxy) is 2. The van der Waals surface area contributed by atoms with Gasteiger partial charge in [-0.3, -0.25) is 18.6 Å². The molecule has 0 spiro atoms. The molecule has 0 saturated heterocycles. The van der Waals surface area contributed by atoms with Gasteiger partial charge in [0.05, 0.1) is 25.4 Å². The summed E-state index contributed by atoms with van der Waals surface area (Å²) in [5.41, 5.74) is 5.32. The maximum absolute atomic E-state index is 12.6. The smallest absolute Gasteiger partial charge is 0.462 e. The summed E-state index contributed by atoms with van der Waals surface area (Å²) in [6.45, 7) is 3.10. The summed E-state index contributed by atoms with van der Waals surface area (Å²) in [5.74, 6) is -1.16. The number of nitrogens with two attached hydrogens (primary N) is 1. The van der Waals surface area contributed by atoms with Crippen molar-refractivity contribution in [1.29, 1.82) is 0 Å². The lowest BCUT2D eigenvalue weighted by Gasteiger charge is -2.20. The second-order valence-electron chi connectivity index (χ2n) is 13.4. The topological polar surface area (TPSA) is 175 Å². The summed E-state index contributed by atoms with van der Waals surface area (Å²) in [7, 11) is -4.47.